The first-order valence-electron chi connectivity index (χ1n) is 5.65. The molecule has 2 N–H and O–H groups in total. The number of carbonyl (C=O) groups excluding carboxylic acids is 1. The molecule has 0 saturated heterocycles. The number of ether oxygens (including phenoxy) is 1. The molecule has 0 aliphatic carbocycles. The van der Waals surface area contributed by atoms with Crippen molar-refractivity contribution >= 4 is 29.3 Å². The molecule has 0 heterocycles. The van der Waals surface area contributed by atoms with Gasteiger partial charge >= 0.3 is 12.0 Å². The summed E-state index contributed by atoms with van der Waals surface area (Å²) in [6, 6.07) is 2.94. The lowest BCUT2D eigenvalue weighted by molar-refractivity contribution is -0.137. The summed E-state index contributed by atoms with van der Waals surface area (Å²) < 4.78 is 18.3. The number of carboxylic acid groups (broad SMARTS) is 1. The van der Waals surface area contributed by atoms with Crippen LogP contribution in [0.15, 0.2) is 18.2 Å². The minimum absolute atomic E-state index is 0.0663. The van der Waals surface area contributed by atoms with Crippen molar-refractivity contribution in [3.05, 3.63) is 29.0 Å². The van der Waals surface area contributed by atoms with E-state index in [1.165, 1.54) is 19.2 Å². The number of carboxylic acids is 1. The van der Waals surface area contributed by atoms with Crippen LogP contribution in [0.5, 0.6) is 0 Å². The van der Waals surface area contributed by atoms with Gasteiger partial charge in [-0.15, -0.1) is 0 Å². The fraction of sp³-hybridized carbons (Fsp3) is 0.333. The van der Waals surface area contributed by atoms with Crippen molar-refractivity contribution < 1.29 is 23.8 Å². The lowest BCUT2D eigenvalue weighted by atomic mass is 10.3. The smallest absolute Gasteiger partial charge is 0.323 e. The average Bonchev–Trinajstić information content (AvgIpc) is 2.38. The summed E-state index contributed by atoms with van der Waals surface area (Å²) in [5, 5.41) is 11.3. The van der Waals surface area contributed by atoms with Crippen molar-refractivity contribution in [2.75, 3.05) is 32.1 Å². The van der Waals surface area contributed by atoms with Crippen LogP contribution in [0.1, 0.15) is 0 Å². The Morgan fingerprint density at radius 2 is 2.20 bits per heavy atom. The van der Waals surface area contributed by atoms with Crippen LogP contribution in [0.4, 0.5) is 14.9 Å². The van der Waals surface area contributed by atoms with E-state index >= 15 is 0 Å². The van der Waals surface area contributed by atoms with Crippen molar-refractivity contribution in [1.29, 1.82) is 0 Å². The van der Waals surface area contributed by atoms with Crippen LogP contribution in [0, 0.1) is 5.82 Å². The maximum Gasteiger partial charge on any atom is 0.323 e. The summed E-state index contributed by atoms with van der Waals surface area (Å²) in [5.74, 6) is -1.84. The zero-order valence-electron chi connectivity index (χ0n) is 10.7. The van der Waals surface area contributed by atoms with Crippen molar-refractivity contribution in [2.45, 2.75) is 0 Å². The normalized spacial score (nSPS) is 10.2. The molecule has 0 radical (unpaired) electrons. The number of urea groups is 1. The number of nitrogens with one attached hydrogen (secondary N) is 1. The van der Waals surface area contributed by atoms with E-state index in [4.69, 9.17) is 21.4 Å². The number of carbonyl (C=O) groups is 2. The number of rotatable bonds is 6. The summed E-state index contributed by atoms with van der Waals surface area (Å²) in [5.41, 5.74) is -0.115. The summed E-state index contributed by atoms with van der Waals surface area (Å²) >= 11 is 5.70. The highest BCUT2D eigenvalue weighted by molar-refractivity contribution is 6.30. The molecular formula is C12H14ClFN2O4. The number of benzene rings is 1. The van der Waals surface area contributed by atoms with Crippen molar-refractivity contribution in [3.63, 3.8) is 0 Å². The summed E-state index contributed by atoms with van der Waals surface area (Å²) in [6.45, 7) is -0.285. The standard InChI is InChI=1S/C12H14ClFN2O4/c1-20-5-4-16(7-11(17)18)12(19)15-10-6-8(13)2-3-9(10)14/h2-3,6H,4-5,7H2,1H3,(H,15,19)(H,17,18). The molecule has 0 aliphatic heterocycles. The molecule has 0 saturated carbocycles. The highest BCUT2D eigenvalue weighted by Gasteiger charge is 2.18. The van der Waals surface area contributed by atoms with E-state index in [9.17, 15) is 14.0 Å². The lowest BCUT2D eigenvalue weighted by Crippen LogP contribution is -2.40. The molecule has 0 bridgehead atoms. The molecule has 0 atom stereocenters. The van der Waals surface area contributed by atoms with Gasteiger partial charge in [0, 0.05) is 18.7 Å². The summed E-state index contributed by atoms with van der Waals surface area (Å²) in [6.07, 6.45) is 0. The Hall–Kier alpha value is -1.86. The van der Waals surface area contributed by atoms with Gasteiger partial charge in [-0.05, 0) is 18.2 Å². The maximum absolute atomic E-state index is 13.5. The molecule has 110 valence electrons. The number of hydrogen-bond acceptors (Lipinski definition) is 3. The van der Waals surface area contributed by atoms with Crippen LogP contribution < -0.4 is 5.32 Å². The molecule has 1 aromatic carbocycles. The third kappa shape index (κ3) is 5.02. The molecule has 0 fully saturated rings. The maximum atomic E-state index is 13.5. The lowest BCUT2D eigenvalue weighted by Gasteiger charge is -2.21. The first kappa shape index (κ1) is 16.2. The largest absolute Gasteiger partial charge is 0.480 e. The molecule has 8 heteroatoms. The molecule has 0 spiro atoms. The highest BCUT2D eigenvalue weighted by atomic mass is 35.5. The van der Waals surface area contributed by atoms with Crippen LogP contribution in [0.2, 0.25) is 5.02 Å². The van der Waals surface area contributed by atoms with Gasteiger partial charge < -0.3 is 20.1 Å². The molecular weight excluding hydrogens is 291 g/mol. The van der Waals surface area contributed by atoms with Crippen LogP contribution >= 0.6 is 11.6 Å². The van der Waals surface area contributed by atoms with Crippen molar-refractivity contribution in [2.24, 2.45) is 0 Å². The molecule has 1 rings (SSSR count). The monoisotopic (exact) mass is 304 g/mol. The second kappa shape index (κ2) is 7.66. The van der Waals surface area contributed by atoms with E-state index in [0.717, 1.165) is 11.0 Å². The molecule has 0 unspecified atom stereocenters. The van der Waals surface area contributed by atoms with E-state index in [2.05, 4.69) is 5.32 Å². The van der Waals surface area contributed by atoms with Gasteiger partial charge in [0.15, 0.2) is 0 Å². The predicted molar refractivity (Wildman–Crippen MR) is 71.5 cm³/mol. The van der Waals surface area contributed by atoms with Crippen LogP contribution in [-0.2, 0) is 9.53 Å². The van der Waals surface area contributed by atoms with Crippen LogP contribution in [0.25, 0.3) is 0 Å². The first-order chi connectivity index (χ1) is 9.43. The fourth-order valence-electron chi connectivity index (χ4n) is 1.40. The van der Waals surface area contributed by atoms with E-state index in [1.807, 2.05) is 0 Å². The molecule has 6 nitrogen and oxygen atoms in total. The Kier molecular flexibility index (Phi) is 6.20. The van der Waals surface area contributed by atoms with E-state index in [0.29, 0.717) is 0 Å². The Bertz CT molecular complexity index is 498. The van der Waals surface area contributed by atoms with Crippen molar-refractivity contribution in [3.8, 4) is 0 Å². The van der Waals surface area contributed by atoms with E-state index in [-0.39, 0.29) is 23.9 Å². The Balaban J connectivity index is 2.78. The number of halogens is 2. The fourth-order valence-corrected chi connectivity index (χ4v) is 1.58. The van der Waals surface area contributed by atoms with Gasteiger partial charge in [0.1, 0.15) is 12.4 Å². The zero-order valence-corrected chi connectivity index (χ0v) is 11.5. The van der Waals surface area contributed by atoms with Gasteiger partial charge in [0.05, 0.1) is 12.3 Å². The molecule has 1 aromatic rings. The first-order valence-corrected chi connectivity index (χ1v) is 6.03. The van der Waals surface area contributed by atoms with Gasteiger partial charge in [0.25, 0.3) is 0 Å². The molecule has 0 aliphatic rings. The SMILES string of the molecule is COCCN(CC(=O)O)C(=O)Nc1cc(Cl)ccc1F. The Labute approximate surface area is 120 Å². The average molecular weight is 305 g/mol. The van der Waals surface area contributed by atoms with Gasteiger partial charge in [-0.2, -0.15) is 0 Å². The third-order valence-corrected chi connectivity index (χ3v) is 2.58. The topological polar surface area (TPSA) is 78.9 Å². The van der Waals surface area contributed by atoms with Gasteiger partial charge in [-0.25, -0.2) is 9.18 Å². The zero-order chi connectivity index (χ0) is 15.1. The summed E-state index contributed by atoms with van der Waals surface area (Å²) in [7, 11) is 1.42. The van der Waals surface area contributed by atoms with Crippen LogP contribution in [-0.4, -0.2) is 48.8 Å². The molecule has 0 aromatic heterocycles. The van der Waals surface area contributed by atoms with Gasteiger partial charge in [-0.1, -0.05) is 11.6 Å². The number of anilines is 1. The second-order valence-electron chi connectivity index (χ2n) is 3.86. The van der Waals surface area contributed by atoms with E-state index < -0.39 is 24.4 Å². The third-order valence-electron chi connectivity index (χ3n) is 2.35. The predicted octanol–water partition coefficient (Wildman–Crippen LogP) is 2.04. The molecule has 2 amide bonds. The minimum atomic E-state index is -1.18. The van der Waals surface area contributed by atoms with Crippen LogP contribution in [0.3, 0.4) is 0 Å². The number of hydrogen-bond donors (Lipinski definition) is 2. The van der Waals surface area contributed by atoms with Crippen molar-refractivity contribution in [1.82, 2.24) is 4.90 Å². The quantitative estimate of drug-likeness (QED) is 0.843. The second-order valence-corrected chi connectivity index (χ2v) is 4.30. The number of amides is 2. The minimum Gasteiger partial charge on any atom is -0.480 e. The highest BCUT2D eigenvalue weighted by Crippen LogP contribution is 2.19. The number of nitrogens with zero attached hydrogens (tertiary/aromatic N) is 1. The summed E-state index contributed by atoms with van der Waals surface area (Å²) in [4.78, 5) is 23.6. The van der Waals surface area contributed by atoms with Gasteiger partial charge in [0.2, 0.25) is 0 Å². The Morgan fingerprint density at radius 1 is 1.50 bits per heavy atom. The molecule has 20 heavy (non-hydrogen) atoms. The Morgan fingerprint density at radius 3 is 2.80 bits per heavy atom. The van der Waals surface area contributed by atoms with E-state index in [1.54, 1.807) is 0 Å². The van der Waals surface area contributed by atoms with Gasteiger partial charge in [-0.3, -0.25) is 4.79 Å². The number of aliphatic carboxylic acids is 1. The number of methoxy groups -OCH3 is 1.